The van der Waals surface area contributed by atoms with Crippen molar-refractivity contribution >= 4 is 11.8 Å². The lowest BCUT2D eigenvalue weighted by molar-refractivity contribution is -0.132. The summed E-state index contributed by atoms with van der Waals surface area (Å²) in [5.74, 6) is -0.164. The molecule has 2 N–H and O–H groups in total. The minimum Gasteiger partial charge on any atom is -0.346 e. The summed E-state index contributed by atoms with van der Waals surface area (Å²) in [6.45, 7) is 8.43. The standard InChI is InChI=1S/C11H23N3O2/c1-4-7-12-8-10(15)13-9-11(16)14(5-2)6-3/h12H,4-9H2,1-3H3,(H,13,15). The third-order valence-electron chi connectivity index (χ3n) is 2.27. The Labute approximate surface area is 97.6 Å². The van der Waals surface area contributed by atoms with Gasteiger partial charge in [-0.2, -0.15) is 0 Å². The molecule has 0 aliphatic rings. The minimum absolute atomic E-state index is 0.0335. The third-order valence-corrected chi connectivity index (χ3v) is 2.27. The molecule has 0 saturated carbocycles. The van der Waals surface area contributed by atoms with Gasteiger partial charge < -0.3 is 15.5 Å². The van der Waals surface area contributed by atoms with Crippen LogP contribution in [0.5, 0.6) is 0 Å². The molecule has 2 amide bonds. The van der Waals surface area contributed by atoms with E-state index >= 15 is 0 Å². The zero-order valence-corrected chi connectivity index (χ0v) is 10.5. The second-order valence-electron chi connectivity index (χ2n) is 3.52. The Bertz CT molecular complexity index is 215. The van der Waals surface area contributed by atoms with Crippen LogP contribution in [0.2, 0.25) is 0 Å². The smallest absolute Gasteiger partial charge is 0.241 e. The van der Waals surface area contributed by atoms with E-state index in [1.165, 1.54) is 0 Å². The van der Waals surface area contributed by atoms with Gasteiger partial charge in [-0.1, -0.05) is 6.92 Å². The highest BCUT2D eigenvalue weighted by molar-refractivity contribution is 5.85. The average Bonchev–Trinajstić information content (AvgIpc) is 2.28. The molecular weight excluding hydrogens is 206 g/mol. The molecule has 0 saturated heterocycles. The van der Waals surface area contributed by atoms with Crippen molar-refractivity contribution in [3.8, 4) is 0 Å². The van der Waals surface area contributed by atoms with Crippen LogP contribution in [0.4, 0.5) is 0 Å². The zero-order chi connectivity index (χ0) is 12.4. The fourth-order valence-corrected chi connectivity index (χ4v) is 1.30. The lowest BCUT2D eigenvalue weighted by Gasteiger charge is -2.18. The first-order valence-corrected chi connectivity index (χ1v) is 5.90. The van der Waals surface area contributed by atoms with E-state index in [9.17, 15) is 9.59 Å². The Morgan fingerprint density at radius 1 is 1.06 bits per heavy atom. The molecular formula is C11H23N3O2. The van der Waals surface area contributed by atoms with Crippen LogP contribution in [-0.4, -0.2) is 49.4 Å². The van der Waals surface area contributed by atoms with Crippen molar-refractivity contribution in [2.24, 2.45) is 0 Å². The molecule has 0 spiro atoms. The summed E-state index contributed by atoms with van der Waals surface area (Å²) < 4.78 is 0. The number of carbonyl (C=O) groups is 2. The Kier molecular flexibility index (Phi) is 8.52. The van der Waals surface area contributed by atoms with E-state index in [0.717, 1.165) is 13.0 Å². The molecule has 5 nitrogen and oxygen atoms in total. The van der Waals surface area contributed by atoms with Gasteiger partial charge in [0.25, 0.3) is 0 Å². The van der Waals surface area contributed by atoms with Crippen LogP contribution in [0.25, 0.3) is 0 Å². The maximum absolute atomic E-state index is 11.5. The summed E-state index contributed by atoms with van der Waals surface area (Å²) in [7, 11) is 0. The molecule has 0 rings (SSSR count). The highest BCUT2D eigenvalue weighted by atomic mass is 16.2. The van der Waals surface area contributed by atoms with Gasteiger partial charge in [-0.25, -0.2) is 0 Å². The molecule has 0 heterocycles. The van der Waals surface area contributed by atoms with Crippen molar-refractivity contribution in [1.82, 2.24) is 15.5 Å². The van der Waals surface area contributed by atoms with E-state index in [-0.39, 0.29) is 24.9 Å². The maximum atomic E-state index is 11.5. The molecule has 0 atom stereocenters. The summed E-state index contributed by atoms with van der Waals surface area (Å²) >= 11 is 0. The van der Waals surface area contributed by atoms with Crippen molar-refractivity contribution in [3.63, 3.8) is 0 Å². The zero-order valence-electron chi connectivity index (χ0n) is 10.5. The van der Waals surface area contributed by atoms with Crippen molar-refractivity contribution in [2.45, 2.75) is 27.2 Å². The second-order valence-corrected chi connectivity index (χ2v) is 3.52. The summed E-state index contributed by atoms with van der Waals surface area (Å²) in [4.78, 5) is 24.5. The van der Waals surface area contributed by atoms with Crippen LogP contribution in [0.15, 0.2) is 0 Å². The lowest BCUT2D eigenvalue weighted by Crippen LogP contribution is -2.42. The van der Waals surface area contributed by atoms with Crippen LogP contribution in [0.3, 0.4) is 0 Å². The van der Waals surface area contributed by atoms with E-state index in [1.807, 2.05) is 20.8 Å². The number of rotatable bonds is 8. The second kappa shape index (κ2) is 9.15. The predicted molar refractivity (Wildman–Crippen MR) is 64.1 cm³/mol. The number of likely N-dealkylation sites (N-methyl/N-ethyl adjacent to an activating group) is 1. The largest absolute Gasteiger partial charge is 0.346 e. The number of amides is 2. The van der Waals surface area contributed by atoms with E-state index < -0.39 is 0 Å². The molecule has 0 aromatic rings. The fourth-order valence-electron chi connectivity index (χ4n) is 1.30. The topological polar surface area (TPSA) is 61.4 Å². The number of nitrogens with one attached hydrogen (secondary N) is 2. The van der Waals surface area contributed by atoms with Gasteiger partial charge in [0.05, 0.1) is 13.1 Å². The monoisotopic (exact) mass is 229 g/mol. The van der Waals surface area contributed by atoms with Crippen molar-refractivity contribution < 1.29 is 9.59 Å². The first kappa shape index (κ1) is 14.9. The number of hydrogen-bond acceptors (Lipinski definition) is 3. The lowest BCUT2D eigenvalue weighted by atomic mass is 10.4. The van der Waals surface area contributed by atoms with Crippen molar-refractivity contribution in [3.05, 3.63) is 0 Å². The SMILES string of the molecule is CCCNCC(=O)NCC(=O)N(CC)CC. The summed E-state index contributed by atoms with van der Waals surface area (Å²) in [5.41, 5.74) is 0. The minimum atomic E-state index is -0.131. The van der Waals surface area contributed by atoms with Gasteiger partial charge in [0.1, 0.15) is 0 Å². The van der Waals surface area contributed by atoms with E-state index in [4.69, 9.17) is 0 Å². The molecule has 0 aromatic heterocycles. The Morgan fingerprint density at radius 2 is 1.69 bits per heavy atom. The van der Waals surface area contributed by atoms with Crippen molar-refractivity contribution in [2.75, 3.05) is 32.7 Å². The Balaban J connectivity index is 3.70. The summed E-state index contributed by atoms with van der Waals surface area (Å²) in [6, 6.07) is 0. The fraction of sp³-hybridized carbons (Fsp3) is 0.818. The maximum Gasteiger partial charge on any atom is 0.241 e. The molecule has 0 fully saturated rings. The molecule has 0 aromatic carbocycles. The van der Waals surface area contributed by atoms with Gasteiger partial charge in [0, 0.05) is 13.1 Å². The number of hydrogen-bond donors (Lipinski definition) is 2. The molecule has 0 unspecified atom stereocenters. The average molecular weight is 229 g/mol. The van der Waals surface area contributed by atoms with Crippen LogP contribution in [-0.2, 0) is 9.59 Å². The number of carbonyl (C=O) groups excluding carboxylic acids is 2. The molecule has 5 heteroatoms. The van der Waals surface area contributed by atoms with Gasteiger partial charge >= 0.3 is 0 Å². The molecule has 0 aliphatic carbocycles. The quantitative estimate of drug-likeness (QED) is 0.575. The van der Waals surface area contributed by atoms with Gasteiger partial charge in [-0.05, 0) is 26.8 Å². The van der Waals surface area contributed by atoms with Gasteiger partial charge in [0.2, 0.25) is 11.8 Å². The summed E-state index contributed by atoms with van der Waals surface area (Å²) in [6.07, 6.45) is 0.992. The van der Waals surface area contributed by atoms with Crippen LogP contribution >= 0.6 is 0 Å². The van der Waals surface area contributed by atoms with E-state index in [2.05, 4.69) is 10.6 Å². The highest BCUT2D eigenvalue weighted by Crippen LogP contribution is 1.86. The van der Waals surface area contributed by atoms with Crippen LogP contribution in [0.1, 0.15) is 27.2 Å². The molecule has 94 valence electrons. The third kappa shape index (κ3) is 6.40. The molecule has 0 bridgehead atoms. The van der Waals surface area contributed by atoms with E-state index in [1.54, 1.807) is 4.90 Å². The normalized spacial score (nSPS) is 9.94. The van der Waals surface area contributed by atoms with Gasteiger partial charge in [0.15, 0.2) is 0 Å². The summed E-state index contributed by atoms with van der Waals surface area (Å²) in [5, 5.41) is 5.58. The van der Waals surface area contributed by atoms with E-state index in [0.29, 0.717) is 13.1 Å². The van der Waals surface area contributed by atoms with Gasteiger partial charge in [-0.15, -0.1) is 0 Å². The molecule has 0 aliphatic heterocycles. The van der Waals surface area contributed by atoms with Crippen LogP contribution < -0.4 is 10.6 Å². The van der Waals surface area contributed by atoms with Crippen LogP contribution in [0, 0.1) is 0 Å². The molecule has 0 radical (unpaired) electrons. The highest BCUT2D eigenvalue weighted by Gasteiger charge is 2.10. The Morgan fingerprint density at radius 3 is 2.19 bits per heavy atom. The first-order valence-electron chi connectivity index (χ1n) is 5.90. The van der Waals surface area contributed by atoms with Gasteiger partial charge in [-0.3, -0.25) is 9.59 Å². The predicted octanol–water partition coefficient (Wildman–Crippen LogP) is -0.0294. The molecule has 16 heavy (non-hydrogen) atoms. The number of nitrogens with zero attached hydrogens (tertiary/aromatic N) is 1. The Hall–Kier alpha value is -1.10. The first-order chi connectivity index (χ1) is 7.65. The van der Waals surface area contributed by atoms with Crippen molar-refractivity contribution in [1.29, 1.82) is 0 Å².